The summed E-state index contributed by atoms with van der Waals surface area (Å²) in [5.74, 6) is -0.0757. The second kappa shape index (κ2) is 12.3. The van der Waals surface area contributed by atoms with E-state index in [1.165, 1.54) is 24.2 Å². The third-order valence-electron chi connectivity index (χ3n) is 6.43. The predicted octanol–water partition coefficient (Wildman–Crippen LogP) is 7.49. The van der Waals surface area contributed by atoms with Crippen LogP contribution >= 0.6 is 0 Å². The number of phenols is 1. The summed E-state index contributed by atoms with van der Waals surface area (Å²) in [5, 5.41) is 14.0. The first-order valence-corrected chi connectivity index (χ1v) is 13.1. The number of unbranched alkanes of at least 4 members (excludes halogenated alkanes) is 5. The van der Waals surface area contributed by atoms with Gasteiger partial charge in [0.1, 0.15) is 5.75 Å². The van der Waals surface area contributed by atoms with Crippen molar-refractivity contribution >= 4 is 23.3 Å². The van der Waals surface area contributed by atoms with Crippen LogP contribution in [0.5, 0.6) is 5.75 Å². The minimum Gasteiger partial charge on any atom is -0.507 e. The standard InChI is InChI=1S/C30H45N3O3/c1-8-9-10-11-12-15-18-33(28(31)36)25-17-14-13-16-24(25)32-27(35)21-19-22(29(2,3)4)26(34)23(20-21)30(5,6)7/h13-14,16-17,19-20,34H,8-12,15,18H2,1-7H3,(H2,31,36)(H,32,35). The Balaban J connectivity index is 2.35. The summed E-state index contributed by atoms with van der Waals surface area (Å²) in [6, 6.07) is 10.2. The van der Waals surface area contributed by atoms with Gasteiger partial charge >= 0.3 is 6.03 Å². The molecule has 2 rings (SSSR count). The van der Waals surface area contributed by atoms with Crippen LogP contribution in [0.2, 0.25) is 0 Å². The molecule has 4 N–H and O–H groups in total. The van der Waals surface area contributed by atoms with Crippen LogP contribution in [0.15, 0.2) is 36.4 Å². The number of primary amides is 1. The topological polar surface area (TPSA) is 95.7 Å². The van der Waals surface area contributed by atoms with Crippen LogP contribution in [-0.2, 0) is 10.8 Å². The number of carbonyl (C=O) groups is 2. The van der Waals surface area contributed by atoms with Gasteiger partial charge in [0.05, 0.1) is 11.4 Å². The van der Waals surface area contributed by atoms with Crippen LogP contribution < -0.4 is 16.0 Å². The molecule has 3 amide bonds. The fourth-order valence-corrected chi connectivity index (χ4v) is 4.32. The number of urea groups is 1. The number of nitrogens with two attached hydrogens (primary N) is 1. The van der Waals surface area contributed by atoms with E-state index in [2.05, 4.69) is 12.2 Å². The Bertz CT molecular complexity index is 1010. The van der Waals surface area contributed by atoms with Crippen molar-refractivity contribution in [3.05, 3.63) is 53.1 Å². The number of nitrogens with zero attached hydrogens (tertiary/aromatic N) is 1. The smallest absolute Gasteiger partial charge is 0.319 e. The zero-order valence-electron chi connectivity index (χ0n) is 23.2. The molecule has 0 atom stereocenters. The fraction of sp³-hybridized carbons (Fsp3) is 0.533. The van der Waals surface area contributed by atoms with Crippen molar-refractivity contribution in [1.82, 2.24) is 0 Å². The van der Waals surface area contributed by atoms with Crippen LogP contribution in [0.4, 0.5) is 16.2 Å². The first-order valence-electron chi connectivity index (χ1n) is 13.1. The zero-order valence-corrected chi connectivity index (χ0v) is 23.2. The summed E-state index contributed by atoms with van der Waals surface area (Å²) in [4.78, 5) is 27.3. The van der Waals surface area contributed by atoms with Gasteiger partial charge in [-0.2, -0.15) is 0 Å². The maximum atomic E-state index is 13.5. The highest BCUT2D eigenvalue weighted by Gasteiger charge is 2.28. The van der Waals surface area contributed by atoms with Gasteiger partial charge in [0.2, 0.25) is 0 Å². The van der Waals surface area contributed by atoms with Gasteiger partial charge in [-0.1, -0.05) is 92.7 Å². The fourth-order valence-electron chi connectivity index (χ4n) is 4.32. The number of phenolic OH excluding ortho intramolecular Hbond substituents is 1. The molecule has 0 fully saturated rings. The lowest BCUT2D eigenvalue weighted by Gasteiger charge is -2.28. The molecule has 0 aliphatic heterocycles. The van der Waals surface area contributed by atoms with Crippen molar-refractivity contribution in [3.63, 3.8) is 0 Å². The van der Waals surface area contributed by atoms with Crippen molar-refractivity contribution in [2.24, 2.45) is 5.73 Å². The maximum Gasteiger partial charge on any atom is 0.319 e. The Morgan fingerprint density at radius 2 is 1.42 bits per heavy atom. The number of nitrogens with one attached hydrogen (secondary N) is 1. The van der Waals surface area contributed by atoms with E-state index in [0.29, 0.717) is 23.5 Å². The van der Waals surface area contributed by atoms with Gasteiger partial charge in [-0.3, -0.25) is 9.69 Å². The Morgan fingerprint density at radius 1 is 0.889 bits per heavy atom. The average Bonchev–Trinajstić information content (AvgIpc) is 2.77. The molecule has 0 aliphatic carbocycles. The van der Waals surface area contributed by atoms with Crippen LogP contribution in [0, 0.1) is 0 Å². The summed E-state index contributed by atoms with van der Waals surface area (Å²) in [6.07, 6.45) is 6.61. The largest absolute Gasteiger partial charge is 0.507 e. The highest BCUT2D eigenvalue weighted by atomic mass is 16.3. The van der Waals surface area contributed by atoms with Gasteiger partial charge in [0.25, 0.3) is 5.91 Å². The molecule has 0 heterocycles. The monoisotopic (exact) mass is 495 g/mol. The molecule has 2 aromatic carbocycles. The average molecular weight is 496 g/mol. The Hall–Kier alpha value is -3.02. The molecule has 0 saturated carbocycles. The number of hydrogen-bond acceptors (Lipinski definition) is 3. The van der Waals surface area contributed by atoms with Gasteiger partial charge in [0.15, 0.2) is 0 Å². The van der Waals surface area contributed by atoms with Gasteiger partial charge < -0.3 is 16.2 Å². The number of benzene rings is 2. The summed E-state index contributed by atoms with van der Waals surface area (Å²) in [7, 11) is 0. The molecule has 0 aliphatic rings. The third-order valence-corrected chi connectivity index (χ3v) is 6.43. The van der Waals surface area contributed by atoms with E-state index in [-0.39, 0.29) is 22.5 Å². The lowest BCUT2D eigenvalue weighted by molar-refractivity contribution is 0.102. The molecule has 36 heavy (non-hydrogen) atoms. The third kappa shape index (κ3) is 7.74. The summed E-state index contributed by atoms with van der Waals surface area (Å²) >= 11 is 0. The first-order chi connectivity index (χ1) is 16.8. The van der Waals surface area contributed by atoms with E-state index < -0.39 is 6.03 Å². The molecular formula is C30H45N3O3. The van der Waals surface area contributed by atoms with Crippen molar-refractivity contribution in [3.8, 4) is 5.75 Å². The molecule has 6 heteroatoms. The molecular weight excluding hydrogens is 450 g/mol. The van der Waals surface area contributed by atoms with Crippen LogP contribution in [0.1, 0.15) is 108 Å². The molecule has 0 radical (unpaired) electrons. The molecule has 0 bridgehead atoms. The lowest BCUT2D eigenvalue weighted by Crippen LogP contribution is -2.37. The minimum absolute atomic E-state index is 0.228. The predicted molar refractivity (Wildman–Crippen MR) is 150 cm³/mol. The van der Waals surface area contributed by atoms with E-state index in [1.54, 1.807) is 24.3 Å². The van der Waals surface area contributed by atoms with Gasteiger partial charge in [-0.05, 0) is 41.5 Å². The van der Waals surface area contributed by atoms with Crippen molar-refractivity contribution < 1.29 is 14.7 Å². The summed E-state index contributed by atoms with van der Waals surface area (Å²) in [6.45, 7) is 14.8. The second-order valence-electron chi connectivity index (χ2n) is 11.6. The van der Waals surface area contributed by atoms with E-state index in [0.717, 1.165) is 30.4 Å². The van der Waals surface area contributed by atoms with Gasteiger partial charge in [-0.15, -0.1) is 0 Å². The van der Waals surface area contributed by atoms with E-state index in [1.807, 2.05) is 53.7 Å². The molecule has 0 aromatic heterocycles. The molecule has 0 unspecified atom stereocenters. The summed E-state index contributed by atoms with van der Waals surface area (Å²) in [5.41, 5.74) is 8.04. The zero-order chi connectivity index (χ0) is 27.1. The molecule has 0 spiro atoms. The van der Waals surface area contributed by atoms with Gasteiger partial charge in [0, 0.05) is 23.2 Å². The number of aromatic hydroxyl groups is 1. The molecule has 0 saturated heterocycles. The highest BCUT2D eigenvalue weighted by Crippen LogP contribution is 2.40. The Morgan fingerprint density at radius 3 is 1.94 bits per heavy atom. The Kier molecular flexibility index (Phi) is 9.97. The Labute approximate surface area is 217 Å². The van der Waals surface area contributed by atoms with E-state index in [9.17, 15) is 14.7 Å². The quantitative estimate of drug-likeness (QED) is 0.298. The molecule has 6 nitrogen and oxygen atoms in total. The minimum atomic E-state index is -0.542. The lowest BCUT2D eigenvalue weighted by atomic mass is 9.78. The first kappa shape index (κ1) is 29.2. The van der Waals surface area contributed by atoms with Crippen molar-refractivity contribution in [1.29, 1.82) is 0 Å². The number of carbonyl (C=O) groups excluding carboxylic acids is 2. The SMILES string of the molecule is CCCCCCCCN(C(N)=O)c1ccccc1NC(=O)c1cc(C(C)(C)C)c(O)c(C(C)(C)C)c1. The van der Waals surface area contributed by atoms with Crippen molar-refractivity contribution in [2.75, 3.05) is 16.8 Å². The molecule has 2 aromatic rings. The summed E-state index contributed by atoms with van der Waals surface area (Å²) < 4.78 is 0. The molecule has 198 valence electrons. The van der Waals surface area contributed by atoms with Crippen LogP contribution in [-0.4, -0.2) is 23.6 Å². The van der Waals surface area contributed by atoms with Gasteiger partial charge in [-0.25, -0.2) is 4.79 Å². The van der Waals surface area contributed by atoms with Crippen molar-refractivity contribution in [2.45, 2.75) is 97.8 Å². The van der Waals surface area contributed by atoms with E-state index in [4.69, 9.17) is 5.73 Å². The number of anilines is 2. The normalized spacial score (nSPS) is 11.9. The maximum absolute atomic E-state index is 13.5. The number of rotatable bonds is 10. The number of para-hydroxylation sites is 2. The van der Waals surface area contributed by atoms with Crippen LogP contribution in [0.25, 0.3) is 0 Å². The number of amides is 3. The highest BCUT2D eigenvalue weighted by molar-refractivity contribution is 6.07. The van der Waals surface area contributed by atoms with Crippen LogP contribution in [0.3, 0.4) is 0 Å². The van der Waals surface area contributed by atoms with E-state index >= 15 is 0 Å². The number of hydrogen-bond donors (Lipinski definition) is 3. The second-order valence-corrected chi connectivity index (χ2v) is 11.6.